The highest BCUT2D eigenvalue weighted by Gasteiger charge is 2.15. The molecule has 7 nitrogen and oxygen atoms in total. The average molecular weight is 275 g/mol. The molecule has 104 valence electrons. The van der Waals surface area contributed by atoms with E-state index in [4.69, 9.17) is 14.7 Å². The van der Waals surface area contributed by atoms with E-state index in [0.29, 0.717) is 30.4 Å². The van der Waals surface area contributed by atoms with Crippen molar-refractivity contribution in [3.8, 4) is 17.6 Å². The van der Waals surface area contributed by atoms with Gasteiger partial charge in [0.25, 0.3) is 0 Å². The van der Waals surface area contributed by atoms with Gasteiger partial charge in [-0.25, -0.2) is 0 Å². The van der Waals surface area contributed by atoms with Gasteiger partial charge in [-0.1, -0.05) is 0 Å². The lowest BCUT2D eigenvalue weighted by atomic mass is 10.2. The summed E-state index contributed by atoms with van der Waals surface area (Å²) in [4.78, 5) is 22.9. The first-order chi connectivity index (χ1) is 9.70. The van der Waals surface area contributed by atoms with Crippen molar-refractivity contribution >= 4 is 17.5 Å². The van der Waals surface area contributed by atoms with E-state index < -0.39 is 11.8 Å². The zero-order valence-electron chi connectivity index (χ0n) is 10.6. The van der Waals surface area contributed by atoms with Crippen LogP contribution in [-0.4, -0.2) is 31.6 Å². The minimum atomic E-state index is -0.862. The van der Waals surface area contributed by atoms with Crippen LogP contribution in [0.4, 0.5) is 5.69 Å². The van der Waals surface area contributed by atoms with Gasteiger partial charge < -0.3 is 20.1 Å². The number of nitrogens with zero attached hydrogens (tertiary/aromatic N) is 1. The van der Waals surface area contributed by atoms with Crippen molar-refractivity contribution in [1.29, 1.82) is 5.26 Å². The number of fused-ring (bicyclic) bond motifs is 1. The Morgan fingerprint density at radius 1 is 1.20 bits per heavy atom. The molecule has 0 radical (unpaired) electrons. The smallest absolute Gasteiger partial charge is 0.313 e. The summed E-state index contributed by atoms with van der Waals surface area (Å²) in [6.07, 6.45) is 0.785. The Hall–Kier alpha value is -2.75. The average Bonchev–Trinajstić information content (AvgIpc) is 2.69. The van der Waals surface area contributed by atoms with E-state index in [-0.39, 0.29) is 6.54 Å². The summed E-state index contributed by atoms with van der Waals surface area (Å²) in [7, 11) is 0. The molecule has 0 saturated heterocycles. The number of anilines is 1. The van der Waals surface area contributed by atoms with Gasteiger partial charge >= 0.3 is 11.8 Å². The third kappa shape index (κ3) is 3.38. The summed E-state index contributed by atoms with van der Waals surface area (Å²) in [6.45, 7) is 0.899. The maximum Gasteiger partial charge on any atom is 0.313 e. The molecule has 0 aromatic heterocycles. The monoisotopic (exact) mass is 275 g/mol. The maximum atomic E-state index is 11.5. The first-order valence-electron chi connectivity index (χ1n) is 6.06. The molecule has 2 N–H and O–H groups in total. The van der Waals surface area contributed by atoms with Crippen molar-refractivity contribution in [2.45, 2.75) is 6.42 Å². The number of hydrogen-bond acceptors (Lipinski definition) is 5. The highest BCUT2D eigenvalue weighted by atomic mass is 16.5. The van der Waals surface area contributed by atoms with Crippen LogP contribution in [0, 0.1) is 11.3 Å². The van der Waals surface area contributed by atoms with Crippen LogP contribution in [0.2, 0.25) is 0 Å². The van der Waals surface area contributed by atoms with Crippen LogP contribution in [0.15, 0.2) is 18.2 Å². The molecule has 7 heteroatoms. The molecule has 0 bridgehead atoms. The molecule has 1 heterocycles. The van der Waals surface area contributed by atoms with Gasteiger partial charge in [-0.3, -0.25) is 9.59 Å². The molecule has 0 atom stereocenters. The fraction of sp³-hybridized carbons (Fsp3) is 0.308. The molecule has 0 unspecified atom stereocenters. The van der Waals surface area contributed by atoms with Crippen LogP contribution in [-0.2, 0) is 9.59 Å². The highest BCUT2D eigenvalue weighted by Crippen LogP contribution is 2.32. The van der Waals surface area contributed by atoms with Gasteiger partial charge in [-0.2, -0.15) is 5.26 Å². The van der Waals surface area contributed by atoms with Gasteiger partial charge in [0, 0.05) is 18.2 Å². The lowest BCUT2D eigenvalue weighted by Crippen LogP contribution is -2.35. The number of hydrogen-bond donors (Lipinski definition) is 2. The molecule has 2 rings (SSSR count). The number of ether oxygens (including phenoxy) is 2. The van der Waals surface area contributed by atoms with Gasteiger partial charge in [-0.15, -0.1) is 0 Å². The van der Waals surface area contributed by atoms with Crippen LogP contribution in [0.1, 0.15) is 6.42 Å². The van der Waals surface area contributed by atoms with Crippen LogP contribution in [0.3, 0.4) is 0 Å². The number of carbonyl (C=O) groups is 2. The van der Waals surface area contributed by atoms with Crippen molar-refractivity contribution in [3.63, 3.8) is 0 Å². The van der Waals surface area contributed by atoms with Gasteiger partial charge in [-0.05, 0) is 12.1 Å². The van der Waals surface area contributed by atoms with Gasteiger partial charge in [0.1, 0.15) is 6.54 Å². The highest BCUT2D eigenvalue weighted by molar-refractivity contribution is 6.39. The second-order valence-corrected chi connectivity index (χ2v) is 4.01. The maximum absolute atomic E-state index is 11.5. The molecule has 0 saturated carbocycles. The molecule has 1 aromatic carbocycles. The minimum Gasteiger partial charge on any atom is -0.490 e. The number of amides is 2. The third-order valence-corrected chi connectivity index (χ3v) is 2.54. The fourth-order valence-electron chi connectivity index (χ4n) is 1.63. The van der Waals surface area contributed by atoms with E-state index in [1.807, 2.05) is 0 Å². The molecular formula is C13H13N3O4. The summed E-state index contributed by atoms with van der Waals surface area (Å²) in [5.41, 5.74) is 0.423. The van der Waals surface area contributed by atoms with Crippen molar-refractivity contribution in [2.75, 3.05) is 25.1 Å². The van der Waals surface area contributed by atoms with Crippen LogP contribution in [0.25, 0.3) is 0 Å². The van der Waals surface area contributed by atoms with E-state index in [1.165, 1.54) is 0 Å². The van der Waals surface area contributed by atoms with Gasteiger partial charge in [0.15, 0.2) is 11.5 Å². The number of nitrogens with one attached hydrogen (secondary N) is 2. The number of rotatable bonds is 2. The second-order valence-electron chi connectivity index (χ2n) is 4.01. The standard InChI is InChI=1S/C13H13N3O4/c14-4-5-15-12(17)13(18)16-9-2-3-10-11(8-9)20-7-1-6-19-10/h2-3,8H,1,5-7H2,(H,15,17)(H,16,18). The second kappa shape index (κ2) is 6.43. The van der Waals surface area contributed by atoms with Crippen molar-refractivity contribution in [3.05, 3.63) is 18.2 Å². The molecule has 0 fully saturated rings. The van der Waals surface area contributed by atoms with E-state index in [9.17, 15) is 9.59 Å². The largest absolute Gasteiger partial charge is 0.490 e. The Morgan fingerprint density at radius 2 is 1.95 bits per heavy atom. The first-order valence-corrected chi connectivity index (χ1v) is 6.06. The zero-order valence-corrected chi connectivity index (χ0v) is 10.6. The normalized spacial score (nSPS) is 12.8. The minimum absolute atomic E-state index is 0.215. The molecule has 1 aromatic rings. The quantitative estimate of drug-likeness (QED) is 0.602. The van der Waals surface area contributed by atoms with Crippen molar-refractivity contribution < 1.29 is 19.1 Å². The van der Waals surface area contributed by atoms with Crippen molar-refractivity contribution in [1.82, 2.24) is 5.32 Å². The number of nitriles is 1. The zero-order chi connectivity index (χ0) is 14.4. The van der Waals surface area contributed by atoms with Gasteiger partial charge in [0.2, 0.25) is 0 Å². The molecule has 0 spiro atoms. The lowest BCUT2D eigenvalue weighted by Gasteiger charge is -2.10. The molecule has 0 aliphatic carbocycles. The van der Waals surface area contributed by atoms with E-state index in [2.05, 4.69) is 10.6 Å². The van der Waals surface area contributed by atoms with E-state index >= 15 is 0 Å². The summed E-state index contributed by atoms with van der Waals surface area (Å²) < 4.78 is 10.9. The fourth-order valence-corrected chi connectivity index (χ4v) is 1.63. The van der Waals surface area contributed by atoms with Crippen LogP contribution < -0.4 is 20.1 Å². The summed E-state index contributed by atoms with van der Waals surface area (Å²) in [6, 6.07) is 6.59. The summed E-state index contributed by atoms with van der Waals surface area (Å²) in [5, 5.41) is 12.9. The predicted molar refractivity (Wildman–Crippen MR) is 69.3 cm³/mol. The Balaban J connectivity index is 2.03. The third-order valence-electron chi connectivity index (χ3n) is 2.54. The Kier molecular flexibility index (Phi) is 4.39. The predicted octanol–water partition coefficient (Wildman–Crippen LogP) is 0.426. The Bertz CT molecular complexity index is 565. The van der Waals surface area contributed by atoms with E-state index in [0.717, 1.165) is 6.42 Å². The van der Waals surface area contributed by atoms with Crippen molar-refractivity contribution in [2.24, 2.45) is 0 Å². The SMILES string of the molecule is N#CCNC(=O)C(=O)Nc1ccc2c(c1)OCCCO2. The molecule has 1 aliphatic heterocycles. The Morgan fingerprint density at radius 3 is 2.70 bits per heavy atom. The summed E-state index contributed by atoms with van der Waals surface area (Å²) >= 11 is 0. The van der Waals surface area contributed by atoms with E-state index in [1.54, 1.807) is 24.3 Å². The Labute approximate surface area is 115 Å². The molecule has 2 amide bonds. The lowest BCUT2D eigenvalue weighted by molar-refractivity contribution is -0.136. The number of benzene rings is 1. The molecule has 20 heavy (non-hydrogen) atoms. The number of carbonyl (C=O) groups excluding carboxylic acids is 2. The van der Waals surface area contributed by atoms with Crippen LogP contribution in [0.5, 0.6) is 11.5 Å². The van der Waals surface area contributed by atoms with Crippen LogP contribution >= 0.6 is 0 Å². The van der Waals surface area contributed by atoms with Gasteiger partial charge in [0.05, 0.1) is 19.3 Å². The molecular weight excluding hydrogens is 262 g/mol. The summed E-state index contributed by atoms with van der Waals surface area (Å²) in [5.74, 6) is -0.569. The first kappa shape index (κ1) is 13.7. The molecule has 1 aliphatic rings. The topological polar surface area (TPSA) is 100 Å².